The van der Waals surface area contributed by atoms with Crippen LogP contribution in [0.1, 0.15) is 24.5 Å². The minimum atomic E-state index is -0.978. The van der Waals surface area contributed by atoms with Crippen molar-refractivity contribution in [2.24, 2.45) is 0 Å². The van der Waals surface area contributed by atoms with E-state index in [1.165, 1.54) is 5.56 Å². The summed E-state index contributed by atoms with van der Waals surface area (Å²) < 4.78 is 17.0. The van der Waals surface area contributed by atoms with Crippen molar-refractivity contribution in [2.45, 2.75) is 32.3 Å². The van der Waals surface area contributed by atoms with E-state index < -0.39 is 12.1 Å². The number of aliphatic carboxylic acids is 1. The Balaban J connectivity index is 1.48. The maximum absolute atomic E-state index is 13.0. The molecule has 39 heavy (non-hydrogen) atoms. The van der Waals surface area contributed by atoms with E-state index in [1.54, 1.807) is 24.0 Å². The standard InChI is InChI=1S/C31H38N2O6/c1-2-37-29(30(34)35)24-26-14-16-28(17-15-26)39-23-21-33(20-9-22-38-27-12-7-4-8-13-27)31(36)32-19-18-25-10-5-3-6-11-25/h3-8,10-17,29H,2,9,18-24H2,1H3,(H,32,36)(H,34,35). The first-order valence-corrected chi connectivity index (χ1v) is 13.4. The summed E-state index contributed by atoms with van der Waals surface area (Å²) in [5.74, 6) is 0.478. The summed E-state index contributed by atoms with van der Waals surface area (Å²) in [6, 6.07) is 26.8. The van der Waals surface area contributed by atoms with Crippen molar-refractivity contribution < 1.29 is 28.9 Å². The fourth-order valence-electron chi connectivity index (χ4n) is 3.98. The summed E-state index contributed by atoms with van der Waals surface area (Å²) in [5, 5.41) is 12.3. The number of carboxylic acid groups (broad SMARTS) is 1. The van der Waals surface area contributed by atoms with Crippen molar-refractivity contribution in [1.29, 1.82) is 0 Å². The molecule has 3 rings (SSSR count). The molecule has 2 N–H and O–H groups in total. The normalized spacial score (nSPS) is 11.4. The number of carboxylic acids is 1. The van der Waals surface area contributed by atoms with Crippen LogP contribution in [0.2, 0.25) is 0 Å². The molecule has 3 aromatic rings. The van der Waals surface area contributed by atoms with E-state index >= 15 is 0 Å². The molecule has 2 amide bonds. The van der Waals surface area contributed by atoms with Gasteiger partial charge < -0.3 is 29.5 Å². The smallest absolute Gasteiger partial charge is 0.333 e. The van der Waals surface area contributed by atoms with Gasteiger partial charge in [0.25, 0.3) is 0 Å². The molecule has 0 bridgehead atoms. The molecule has 8 nitrogen and oxygen atoms in total. The zero-order valence-corrected chi connectivity index (χ0v) is 22.5. The Morgan fingerprint density at radius 1 is 0.821 bits per heavy atom. The number of rotatable bonds is 17. The van der Waals surface area contributed by atoms with Gasteiger partial charge in [-0.05, 0) is 55.2 Å². The lowest BCUT2D eigenvalue weighted by atomic mass is 10.1. The Morgan fingerprint density at radius 3 is 2.13 bits per heavy atom. The van der Waals surface area contributed by atoms with Gasteiger partial charge in [0, 0.05) is 26.1 Å². The Morgan fingerprint density at radius 2 is 1.46 bits per heavy atom. The van der Waals surface area contributed by atoms with Crippen LogP contribution in [0.4, 0.5) is 4.79 Å². The highest BCUT2D eigenvalue weighted by Gasteiger charge is 2.18. The molecule has 0 aliphatic rings. The predicted molar refractivity (Wildman–Crippen MR) is 150 cm³/mol. The second-order valence-corrected chi connectivity index (χ2v) is 8.95. The molecule has 0 fully saturated rings. The van der Waals surface area contributed by atoms with Crippen LogP contribution in [0.25, 0.3) is 0 Å². The monoisotopic (exact) mass is 534 g/mol. The van der Waals surface area contributed by atoms with Crippen LogP contribution in [-0.2, 0) is 22.4 Å². The van der Waals surface area contributed by atoms with Crippen molar-refractivity contribution >= 4 is 12.0 Å². The topological polar surface area (TPSA) is 97.3 Å². The minimum Gasteiger partial charge on any atom is -0.494 e. The SMILES string of the molecule is CCOC(Cc1ccc(OCCN(CCCOc2ccccc2)C(=O)NCCc2ccccc2)cc1)C(=O)O. The number of urea groups is 1. The fourth-order valence-corrected chi connectivity index (χ4v) is 3.98. The van der Waals surface area contributed by atoms with E-state index in [4.69, 9.17) is 14.2 Å². The van der Waals surface area contributed by atoms with Crippen molar-refractivity contribution in [3.8, 4) is 11.5 Å². The Labute approximate surface area is 230 Å². The Bertz CT molecular complexity index is 1110. The molecule has 8 heteroatoms. The average molecular weight is 535 g/mol. The third kappa shape index (κ3) is 11.1. The Hall–Kier alpha value is -4.04. The van der Waals surface area contributed by atoms with Gasteiger partial charge in [-0.15, -0.1) is 0 Å². The lowest BCUT2D eigenvalue weighted by molar-refractivity contribution is -0.149. The van der Waals surface area contributed by atoms with E-state index in [0.717, 1.165) is 17.7 Å². The van der Waals surface area contributed by atoms with Crippen molar-refractivity contribution in [1.82, 2.24) is 10.2 Å². The highest BCUT2D eigenvalue weighted by molar-refractivity contribution is 5.74. The van der Waals surface area contributed by atoms with Crippen molar-refractivity contribution in [2.75, 3.05) is 39.5 Å². The van der Waals surface area contributed by atoms with E-state index in [-0.39, 0.29) is 12.5 Å². The first kappa shape index (κ1) is 29.5. The summed E-state index contributed by atoms with van der Waals surface area (Å²) in [5.41, 5.74) is 2.02. The van der Waals surface area contributed by atoms with Crippen LogP contribution < -0.4 is 14.8 Å². The van der Waals surface area contributed by atoms with Crippen LogP contribution in [-0.4, -0.2) is 67.6 Å². The maximum atomic E-state index is 13.0. The number of nitrogens with zero attached hydrogens (tertiary/aromatic N) is 1. The molecule has 0 aromatic heterocycles. The fraction of sp³-hybridized carbons (Fsp3) is 0.355. The molecule has 0 saturated carbocycles. The number of carbonyl (C=O) groups is 2. The van der Waals surface area contributed by atoms with Gasteiger partial charge in [0.15, 0.2) is 6.10 Å². The van der Waals surface area contributed by atoms with Crippen LogP contribution in [0.3, 0.4) is 0 Å². The summed E-state index contributed by atoms with van der Waals surface area (Å²) in [6.07, 6.45) is 0.847. The molecule has 0 saturated heterocycles. The number of ether oxygens (including phenoxy) is 3. The molecule has 1 atom stereocenters. The molecule has 0 aliphatic heterocycles. The van der Waals surface area contributed by atoms with Gasteiger partial charge in [-0.1, -0.05) is 60.7 Å². The highest BCUT2D eigenvalue weighted by Crippen LogP contribution is 2.15. The minimum absolute atomic E-state index is 0.139. The molecule has 0 heterocycles. The lowest BCUT2D eigenvalue weighted by Gasteiger charge is -2.23. The molecule has 0 spiro atoms. The van der Waals surface area contributed by atoms with E-state index in [9.17, 15) is 14.7 Å². The lowest BCUT2D eigenvalue weighted by Crippen LogP contribution is -2.43. The second-order valence-electron chi connectivity index (χ2n) is 8.95. The first-order valence-electron chi connectivity index (χ1n) is 13.4. The quantitative estimate of drug-likeness (QED) is 0.241. The number of para-hydroxylation sites is 1. The molecule has 1 unspecified atom stereocenters. The number of carbonyl (C=O) groups excluding carboxylic acids is 1. The molecular weight excluding hydrogens is 496 g/mol. The highest BCUT2D eigenvalue weighted by atomic mass is 16.5. The van der Waals surface area contributed by atoms with E-state index in [2.05, 4.69) is 5.32 Å². The molecular formula is C31H38N2O6. The van der Waals surface area contributed by atoms with E-state index in [1.807, 2.05) is 72.8 Å². The number of hydrogen-bond acceptors (Lipinski definition) is 5. The third-order valence-electron chi connectivity index (χ3n) is 6.02. The van der Waals surface area contributed by atoms with Crippen LogP contribution in [0.5, 0.6) is 11.5 Å². The van der Waals surface area contributed by atoms with Gasteiger partial charge in [-0.3, -0.25) is 0 Å². The number of hydrogen-bond donors (Lipinski definition) is 2. The van der Waals surface area contributed by atoms with Crippen LogP contribution in [0, 0.1) is 0 Å². The van der Waals surface area contributed by atoms with Crippen molar-refractivity contribution in [3.63, 3.8) is 0 Å². The summed E-state index contributed by atoms with van der Waals surface area (Å²) in [6.45, 7) is 4.42. The van der Waals surface area contributed by atoms with Crippen LogP contribution in [0.15, 0.2) is 84.9 Å². The summed E-state index contributed by atoms with van der Waals surface area (Å²) in [7, 11) is 0. The van der Waals surface area contributed by atoms with Gasteiger partial charge in [0.05, 0.1) is 13.2 Å². The Kier molecular flexibility index (Phi) is 12.7. The number of benzene rings is 3. The number of amides is 2. The van der Waals surface area contributed by atoms with Gasteiger partial charge in [-0.2, -0.15) is 0 Å². The molecule has 208 valence electrons. The van der Waals surface area contributed by atoms with Gasteiger partial charge in [0.2, 0.25) is 0 Å². The molecule has 0 aliphatic carbocycles. The predicted octanol–water partition coefficient (Wildman–Crippen LogP) is 4.82. The van der Waals surface area contributed by atoms with Crippen LogP contribution >= 0.6 is 0 Å². The first-order chi connectivity index (χ1) is 19.0. The maximum Gasteiger partial charge on any atom is 0.333 e. The van der Waals surface area contributed by atoms with Gasteiger partial charge >= 0.3 is 12.0 Å². The summed E-state index contributed by atoms with van der Waals surface area (Å²) in [4.78, 5) is 26.0. The van der Waals surface area contributed by atoms with Gasteiger partial charge in [0.1, 0.15) is 18.1 Å². The second kappa shape index (κ2) is 16.7. The van der Waals surface area contributed by atoms with Crippen molar-refractivity contribution in [3.05, 3.63) is 96.1 Å². The number of nitrogens with one attached hydrogen (secondary N) is 1. The molecule has 0 radical (unpaired) electrons. The zero-order chi connectivity index (χ0) is 27.7. The average Bonchev–Trinajstić information content (AvgIpc) is 2.96. The third-order valence-corrected chi connectivity index (χ3v) is 6.02. The zero-order valence-electron chi connectivity index (χ0n) is 22.5. The van der Waals surface area contributed by atoms with Gasteiger partial charge in [-0.25, -0.2) is 9.59 Å². The molecule has 3 aromatic carbocycles. The van der Waals surface area contributed by atoms with E-state index in [0.29, 0.717) is 51.6 Å². The summed E-state index contributed by atoms with van der Waals surface area (Å²) >= 11 is 0. The largest absolute Gasteiger partial charge is 0.494 e.